The number of carbonyl (C=O) groups excluding carboxylic acids is 2. The highest BCUT2D eigenvalue weighted by atomic mass is 16.5. The second kappa shape index (κ2) is 5.69. The van der Waals surface area contributed by atoms with Crippen molar-refractivity contribution in [1.82, 2.24) is 0 Å². The van der Waals surface area contributed by atoms with E-state index in [1.807, 2.05) is 0 Å². The first-order valence-electron chi connectivity index (χ1n) is 4.76. The van der Waals surface area contributed by atoms with Crippen LogP contribution in [0.4, 0.5) is 0 Å². The van der Waals surface area contributed by atoms with E-state index in [1.165, 1.54) is 13.2 Å². The predicted octanol–water partition coefficient (Wildman–Crippen LogP) is 1.34. The minimum absolute atomic E-state index is 0.320. The minimum atomic E-state index is -1.03. The summed E-state index contributed by atoms with van der Waals surface area (Å²) in [7, 11) is 2.58. The second-order valence-corrected chi connectivity index (χ2v) is 3.12. The molecule has 0 atom stereocenters. The molecule has 0 heterocycles. The van der Waals surface area contributed by atoms with E-state index >= 15 is 0 Å². The van der Waals surface area contributed by atoms with Crippen LogP contribution in [0.1, 0.15) is 5.56 Å². The molecule has 0 unspecified atom stereocenters. The van der Waals surface area contributed by atoms with Crippen molar-refractivity contribution >= 4 is 17.5 Å². The highest BCUT2D eigenvalue weighted by Gasteiger charge is 2.12. The first kappa shape index (κ1) is 12.8. The summed E-state index contributed by atoms with van der Waals surface area (Å²) in [6.07, 6.45) is 0.806. The van der Waals surface area contributed by atoms with Crippen molar-refractivity contribution in [2.75, 3.05) is 14.2 Å². The lowest BCUT2D eigenvalue weighted by Crippen LogP contribution is -2.13. The quantitative estimate of drug-likeness (QED) is 0.369. The van der Waals surface area contributed by atoms with Crippen molar-refractivity contribution in [3.63, 3.8) is 0 Å². The normalized spacial score (nSPS) is 10.8. The number of aliphatic hydroxyl groups is 1. The number of benzene rings is 1. The maximum absolute atomic E-state index is 11.2. The van der Waals surface area contributed by atoms with Crippen LogP contribution in [0.15, 0.2) is 30.3 Å². The smallest absolute Gasteiger partial charge is 0.378 e. The Balaban J connectivity index is 2.95. The van der Waals surface area contributed by atoms with Gasteiger partial charge in [0, 0.05) is 11.6 Å². The highest BCUT2D eigenvalue weighted by Crippen LogP contribution is 2.18. The first-order chi connectivity index (χ1) is 8.08. The Labute approximate surface area is 98.3 Å². The Morgan fingerprint density at radius 1 is 1.29 bits per heavy atom. The second-order valence-electron chi connectivity index (χ2n) is 3.12. The summed E-state index contributed by atoms with van der Waals surface area (Å²) in [4.78, 5) is 22.0. The van der Waals surface area contributed by atoms with Crippen LogP contribution < -0.4 is 4.74 Å². The standard InChI is InChI=1S/C12H12O5/c1-16-9-5-3-4-8(6-9)10(13)7-11(14)12(15)17-2/h3-7,13H,1-2H3/b10-7+. The Morgan fingerprint density at radius 2 is 2.00 bits per heavy atom. The van der Waals surface area contributed by atoms with Crippen LogP contribution in [0, 0.1) is 0 Å². The third-order valence-corrected chi connectivity index (χ3v) is 2.02. The Morgan fingerprint density at radius 3 is 2.59 bits per heavy atom. The molecule has 1 N–H and O–H groups in total. The molecule has 0 fully saturated rings. The molecule has 0 aliphatic rings. The van der Waals surface area contributed by atoms with E-state index in [0.29, 0.717) is 11.3 Å². The maximum atomic E-state index is 11.2. The van der Waals surface area contributed by atoms with E-state index in [4.69, 9.17) is 4.74 Å². The third kappa shape index (κ3) is 3.34. The largest absolute Gasteiger partial charge is 0.507 e. The van der Waals surface area contributed by atoms with Gasteiger partial charge in [-0.1, -0.05) is 12.1 Å². The van der Waals surface area contributed by atoms with Crippen LogP contribution in [-0.2, 0) is 14.3 Å². The summed E-state index contributed by atoms with van der Waals surface area (Å²) in [5, 5.41) is 9.63. The summed E-state index contributed by atoms with van der Waals surface area (Å²) >= 11 is 0. The molecule has 0 radical (unpaired) electrons. The van der Waals surface area contributed by atoms with Crippen LogP contribution in [0.2, 0.25) is 0 Å². The van der Waals surface area contributed by atoms with Crippen LogP contribution >= 0.6 is 0 Å². The lowest BCUT2D eigenvalue weighted by Gasteiger charge is -2.03. The molecule has 0 aliphatic carbocycles. The lowest BCUT2D eigenvalue weighted by molar-refractivity contribution is -0.149. The van der Waals surface area contributed by atoms with Crippen molar-refractivity contribution in [2.45, 2.75) is 0 Å². The molecular formula is C12H12O5. The molecule has 0 saturated heterocycles. The molecule has 0 amide bonds. The fourth-order valence-corrected chi connectivity index (χ4v) is 1.15. The number of hydrogen-bond donors (Lipinski definition) is 1. The summed E-state index contributed by atoms with van der Waals surface area (Å²) < 4.78 is 9.19. The number of ether oxygens (including phenoxy) is 2. The molecular weight excluding hydrogens is 224 g/mol. The Bertz CT molecular complexity index is 462. The first-order valence-corrected chi connectivity index (χ1v) is 4.76. The van der Waals surface area contributed by atoms with Gasteiger partial charge in [-0.15, -0.1) is 0 Å². The Hall–Kier alpha value is -2.30. The van der Waals surface area contributed by atoms with Gasteiger partial charge in [0.05, 0.1) is 14.2 Å². The van der Waals surface area contributed by atoms with Crippen molar-refractivity contribution in [3.05, 3.63) is 35.9 Å². The SMILES string of the molecule is COC(=O)C(=O)/C=C(/O)c1cccc(OC)c1. The Kier molecular flexibility index (Phi) is 4.28. The van der Waals surface area contributed by atoms with Crippen molar-refractivity contribution in [3.8, 4) is 5.75 Å². The van der Waals surface area contributed by atoms with Crippen LogP contribution in [0.5, 0.6) is 5.75 Å². The molecule has 0 aliphatic heterocycles. The number of methoxy groups -OCH3 is 2. The van der Waals surface area contributed by atoms with E-state index in [2.05, 4.69) is 4.74 Å². The predicted molar refractivity (Wildman–Crippen MR) is 60.6 cm³/mol. The molecule has 1 aromatic carbocycles. The number of rotatable bonds is 4. The van der Waals surface area contributed by atoms with Crippen molar-refractivity contribution in [2.24, 2.45) is 0 Å². The van der Waals surface area contributed by atoms with Crippen LogP contribution in [-0.4, -0.2) is 31.1 Å². The number of esters is 1. The number of carbonyl (C=O) groups is 2. The molecule has 0 bridgehead atoms. The topological polar surface area (TPSA) is 72.8 Å². The number of hydrogen-bond acceptors (Lipinski definition) is 5. The average Bonchev–Trinajstić information content (AvgIpc) is 2.37. The highest BCUT2D eigenvalue weighted by molar-refractivity contribution is 6.39. The zero-order chi connectivity index (χ0) is 12.8. The van der Waals surface area contributed by atoms with E-state index in [9.17, 15) is 14.7 Å². The summed E-state index contributed by atoms with van der Waals surface area (Å²) in [5.41, 5.74) is 0.376. The van der Waals surface area contributed by atoms with Crippen LogP contribution in [0.3, 0.4) is 0 Å². The molecule has 1 rings (SSSR count). The monoisotopic (exact) mass is 236 g/mol. The third-order valence-electron chi connectivity index (χ3n) is 2.02. The lowest BCUT2D eigenvalue weighted by atomic mass is 10.1. The van der Waals surface area contributed by atoms with Crippen LogP contribution in [0.25, 0.3) is 5.76 Å². The van der Waals surface area contributed by atoms with Gasteiger partial charge in [0.25, 0.3) is 5.78 Å². The fraction of sp³-hybridized carbons (Fsp3) is 0.167. The average molecular weight is 236 g/mol. The van der Waals surface area contributed by atoms with Gasteiger partial charge in [-0.2, -0.15) is 0 Å². The van der Waals surface area contributed by atoms with E-state index in [-0.39, 0.29) is 5.76 Å². The van der Waals surface area contributed by atoms with Gasteiger partial charge < -0.3 is 14.6 Å². The van der Waals surface area contributed by atoms with Crippen molar-refractivity contribution < 1.29 is 24.2 Å². The molecule has 5 nitrogen and oxygen atoms in total. The molecule has 17 heavy (non-hydrogen) atoms. The van der Waals surface area contributed by atoms with Gasteiger partial charge in [0.2, 0.25) is 0 Å². The summed E-state index contributed by atoms with van der Waals surface area (Å²) in [6.45, 7) is 0. The van der Waals surface area contributed by atoms with E-state index in [0.717, 1.165) is 13.2 Å². The van der Waals surface area contributed by atoms with Gasteiger partial charge >= 0.3 is 5.97 Å². The minimum Gasteiger partial charge on any atom is -0.507 e. The summed E-state index contributed by atoms with van der Waals surface area (Å²) in [6, 6.07) is 6.47. The fourth-order valence-electron chi connectivity index (χ4n) is 1.15. The van der Waals surface area contributed by atoms with Gasteiger partial charge in [0.1, 0.15) is 11.5 Å². The maximum Gasteiger partial charge on any atom is 0.378 e. The van der Waals surface area contributed by atoms with Gasteiger partial charge in [-0.3, -0.25) is 4.79 Å². The van der Waals surface area contributed by atoms with Gasteiger partial charge in [0.15, 0.2) is 0 Å². The number of aliphatic hydroxyl groups excluding tert-OH is 1. The molecule has 0 spiro atoms. The molecule has 5 heteroatoms. The van der Waals surface area contributed by atoms with Crippen molar-refractivity contribution in [1.29, 1.82) is 0 Å². The molecule has 0 saturated carbocycles. The molecule has 1 aromatic rings. The van der Waals surface area contributed by atoms with Gasteiger partial charge in [-0.05, 0) is 12.1 Å². The molecule has 90 valence electrons. The number of ketones is 1. The van der Waals surface area contributed by atoms with E-state index < -0.39 is 11.8 Å². The van der Waals surface area contributed by atoms with Gasteiger partial charge in [-0.25, -0.2) is 4.79 Å². The zero-order valence-electron chi connectivity index (χ0n) is 9.47. The molecule has 0 aromatic heterocycles. The zero-order valence-corrected chi connectivity index (χ0v) is 9.47. The van der Waals surface area contributed by atoms with E-state index in [1.54, 1.807) is 18.2 Å². The summed E-state index contributed by atoms with van der Waals surface area (Å²) in [5.74, 6) is -1.74.